The molecule has 0 radical (unpaired) electrons. The van der Waals surface area contributed by atoms with Crippen LogP contribution in [0.25, 0.3) is 0 Å². The van der Waals surface area contributed by atoms with E-state index in [4.69, 9.17) is 4.74 Å². The summed E-state index contributed by atoms with van der Waals surface area (Å²) >= 11 is 0. The largest absolute Gasteiger partial charge is 0.482 e. The summed E-state index contributed by atoms with van der Waals surface area (Å²) in [7, 11) is 1.31. The molecule has 5 heteroatoms. The highest BCUT2D eigenvalue weighted by Gasteiger charge is 2.14. The van der Waals surface area contributed by atoms with Crippen LogP contribution in [-0.4, -0.2) is 25.6 Å². The van der Waals surface area contributed by atoms with Crippen molar-refractivity contribution < 1.29 is 19.1 Å². The Kier molecular flexibility index (Phi) is 5.37. The van der Waals surface area contributed by atoms with Gasteiger partial charge in [0.2, 0.25) is 5.91 Å². The van der Waals surface area contributed by atoms with Gasteiger partial charge in [-0.1, -0.05) is 18.2 Å². The summed E-state index contributed by atoms with van der Waals surface area (Å²) in [4.78, 5) is 22.9. The van der Waals surface area contributed by atoms with E-state index in [1.165, 1.54) is 7.11 Å². The molecular weight excluding hydrogens is 270 g/mol. The number of nitrogens with one attached hydrogen (secondary N) is 1. The minimum atomic E-state index is -0.447. The van der Waals surface area contributed by atoms with Gasteiger partial charge in [-0.25, -0.2) is 4.79 Å². The van der Waals surface area contributed by atoms with Gasteiger partial charge in [0.05, 0.1) is 7.11 Å². The van der Waals surface area contributed by atoms with Crippen LogP contribution in [0.5, 0.6) is 5.75 Å². The fourth-order valence-corrected chi connectivity index (χ4v) is 2.18. The SMILES string of the molecule is COC(=O)COc1cccc(NC(=O)CC2C=CCC2)c1. The molecule has 5 nitrogen and oxygen atoms in total. The first kappa shape index (κ1) is 15.1. The normalized spacial score (nSPS) is 16.5. The number of methoxy groups -OCH3 is 1. The maximum atomic E-state index is 11.9. The third kappa shape index (κ3) is 4.95. The zero-order chi connectivity index (χ0) is 15.1. The van der Waals surface area contributed by atoms with Crippen LogP contribution in [0.3, 0.4) is 0 Å². The van der Waals surface area contributed by atoms with E-state index in [0.29, 0.717) is 23.8 Å². The maximum Gasteiger partial charge on any atom is 0.343 e. The number of allylic oxidation sites excluding steroid dienone is 2. The van der Waals surface area contributed by atoms with Crippen molar-refractivity contribution in [3.63, 3.8) is 0 Å². The Hall–Kier alpha value is -2.30. The molecular formula is C16H19NO4. The van der Waals surface area contributed by atoms with E-state index in [1.807, 2.05) is 0 Å². The summed E-state index contributed by atoms with van der Waals surface area (Å²) < 4.78 is 9.78. The Morgan fingerprint density at radius 1 is 1.38 bits per heavy atom. The number of benzene rings is 1. The smallest absolute Gasteiger partial charge is 0.343 e. The summed E-state index contributed by atoms with van der Waals surface area (Å²) in [5, 5.41) is 2.84. The monoisotopic (exact) mass is 289 g/mol. The van der Waals surface area contributed by atoms with Gasteiger partial charge in [0.15, 0.2) is 6.61 Å². The third-order valence-corrected chi connectivity index (χ3v) is 3.26. The van der Waals surface area contributed by atoms with Crippen molar-refractivity contribution in [1.29, 1.82) is 0 Å². The zero-order valence-electron chi connectivity index (χ0n) is 12.0. The lowest BCUT2D eigenvalue weighted by atomic mass is 10.1. The fourth-order valence-electron chi connectivity index (χ4n) is 2.18. The lowest BCUT2D eigenvalue weighted by Crippen LogP contribution is -2.15. The Balaban J connectivity index is 1.86. The van der Waals surface area contributed by atoms with Crippen molar-refractivity contribution in [2.75, 3.05) is 19.0 Å². The van der Waals surface area contributed by atoms with E-state index in [0.717, 1.165) is 12.8 Å². The molecule has 1 atom stereocenters. The van der Waals surface area contributed by atoms with Crippen molar-refractivity contribution in [2.45, 2.75) is 19.3 Å². The van der Waals surface area contributed by atoms with Crippen LogP contribution < -0.4 is 10.1 Å². The second-order valence-electron chi connectivity index (χ2n) is 4.91. The summed E-state index contributed by atoms with van der Waals surface area (Å²) in [6, 6.07) is 6.95. The topological polar surface area (TPSA) is 64.6 Å². The molecule has 1 unspecified atom stereocenters. The van der Waals surface area contributed by atoms with Crippen LogP contribution in [-0.2, 0) is 14.3 Å². The molecule has 1 aliphatic carbocycles. The Bertz CT molecular complexity index is 539. The van der Waals surface area contributed by atoms with Gasteiger partial charge in [0.1, 0.15) is 5.75 Å². The van der Waals surface area contributed by atoms with Crippen molar-refractivity contribution in [3.8, 4) is 5.75 Å². The van der Waals surface area contributed by atoms with E-state index < -0.39 is 5.97 Å². The Morgan fingerprint density at radius 3 is 2.95 bits per heavy atom. The predicted octanol–water partition coefficient (Wildman–Crippen LogP) is 2.53. The van der Waals surface area contributed by atoms with Gasteiger partial charge >= 0.3 is 5.97 Å². The lowest BCUT2D eigenvalue weighted by molar-refractivity contribution is -0.142. The van der Waals surface area contributed by atoms with Crippen molar-refractivity contribution >= 4 is 17.6 Å². The van der Waals surface area contributed by atoms with Crippen LogP contribution >= 0.6 is 0 Å². The fraction of sp³-hybridized carbons (Fsp3) is 0.375. The average molecular weight is 289 g/mol. The zero-order valence-corrected chi connectivity index (χ0v) is 12.0. The summed E-state index contributed by atoms with van der Waals surface area (Å²) in [5.74, 6) is 0.386. The number of carbonyl (C=O) groups excluding carboxylic acids is 2. The maximum absolute atomic E-state index is 11.9. The van der Waals surface area contributed by atoms with E-state index in [2.05, 4.69) is 22.2 Å². The molecule has 1 aromatic carbocycles. The van der Waals surface area contributed by atoms with Crippen LogP contribution in [0.4, 0.5) is 5.69 Å². The second-order valence-corrected chi connectivity index (χ2v) is 4.91. The van der Waals surface area contributed by atoms with E-state index in [-0.39, 0.29) is 12.5 Å². The highest BCUT2D eigenvalue weighted by Crippen LogP contribution is 2.22. The molecule has 0 spiro atoms. The molecule has 1 aliphatic rings. The number of hydrogen-bond acceptors (Lipinski definition) is 4. The molecule has 112 valence electrons. The summed E-state index contributed by atoms with van der Waals surface area (Å²) in [6.07, 6.45) is 6.78. The van der Waals surface area contributed by atoms with E-state index >= 15 is 0 Å². The lowest BCUT2D eigenvalue weighted by Gasteiger charge is -2.10. The molecule has 0 saturated heterocycles. The quantitative estimate of drug-likeness (QED) is 0.645. The molecule has 0 aliphatic heterocycles. The van der Waals surface area contributed by atoms with Gasteiger partial charge in [-0.2, -0.15) is 0 Å². The molecule has 0 aromatic heterocycles. The standard InChI is InChI=1S/C16H19NO4/c1-20-16(19)11-21-14-8-4-7-13(10-14)17-15(18)9-12-5-2-3-6-12/h2,4-5,7-8,10,12H,3,6,9,11H2,1H3,(H,17,18). The highest BCUT2D eigenvalue weighted by molar-refractivity contribution is 5.91. The van der Waals surface area contributed by atoms with Gasteiger partial charge in [-0.15, -0.1) is 0 Å². The predicted molar refractivity (Wildman–Crippen MR) is 79.1 cm³/mol. The third-order valence-electron chi connectivity index (χ3n) is 3.26. The van der Waals surface area contributed by atoms with Crippen molar-refractivity contribution in [1.82, 2.24) is 0 Å². The minimum Gasteiger partial charge on any atom is -0.482 e. The van der Waals surface area contributed by atoms with Crippen LogP contribution in [0.15, 0.2) is 36.4 Å². The van der Waals surface area contributed by atoms with E-state index in [9.17, 15) is 9.59 Å². The molecule has 0 heterocycles. The first-order valence-corrected chi connectivity index (χ1v) is 6.93. The molecule has 2 rings (SSSR count). The number of esters is 1. The first-order valence-electron chi connectivity index (χ1n) is 6.93. The molecule has 1 N–H and O–H groups in total. The number of anilines is 1. The number of carbonyl (C=O) groups is 2. The van der Waals surface area contributed by atoms with Crippen LogP contribution in [0.2, 0.25) is 0 Å². The number of ether oxygens (including phenoxy) is 2. The van der Waals surface area contributed by atoms with Crippen LogP contribution in [0.1, 0.15) is 19.3 Å². The van der Waals surface area contributed by atoms with Gasteiger partial charge in [0.25, 0.3) is 0 Å². The molecule has 0 bridgehead atoms. The van der Waals surface area contributed by atoms with Gasteiger partial charge in [0, 0.05) is 18.2 Å². The molecule has 1 amide bonds. The minimum absolute atomic E-state index is 0.0170. The summed E-state index contributed by atoms with van der Waals surface area (Å²) in [5.41, 5.74) is 0.657. The number of hydrogen-bond donors (Lipinski definition) is 1. The number of rotatable bonds is 6. The Labute approximate surface area is 123 Å². The van der Waals surface area contributed by atoms with Gasteiger partial charge < -0.3 is 14.8 Å². The second kappa shape index (κ2) is 7.47. The van der Waals surface area contributed by atoms with Crippen LogP contribution in [0, 0.1) is 5.92 Å². The van der Waals surface area contributed by atoms with Crippen molar-refractivity contribution in [2.24, 2.45) is 5.92 Å². The molecule has 21 heavy (non-hydrogen) atoms. The Morgan fingerprint density at radius 2 is 2.24 bits per heavy atom. The molecule has 0 fully saturated rings. The summed E-state index contributed by atoms with van der Waals surface area (Å²) in [6.45, 7) is -0.152. The first-order chi connectivity index (χ1) is 10.2. The molecule has 0 saturated carbocycles. The average Bonchev–Trinajstić information content (AvgIpc) is 2.97. The molecule has 1 aromatic rings. The van der Waals surface area contributed by atoms with E-state index in [1.54, 1.807) is 24.3 Å². The number of amides is 1. The van der Waals surface area contributed by atoms with Crippen molar-refractivity contribution in [3.05, 3.63) is 36.4 Å². The van der Waals surface area contributed by atoms with Gasteiger partial charge in [-0.05, 0) is 30.9 Å². The van der Waals surface area contributed by atoms with Gasteiger partial charge in [-0.3, -0.25) is 4.79 Å². The highest BCUT2D eigenvalue weighted by atomic mass is 16.6.